The van der Waals surface area contributed by atoms with E-state index in [1.807, 2.05) is 12.1 Å². The molecule has 1 aliphatic rings. The Kier molecular flexibility index (Phi) is 3.28. The van der Waals surface area contributed by atoms with Gasteiger partial charge in [-0.1, -0.05) is 17.5 Å². The van der Waals surface area contributed by atoms with E-state index in [0.717, 1.165) is 42.6 Å². The number of aryl methyl sites for hydroxylation is 1. The van der Waals surface area contributed by atoms with Crippen LogP contribution in [0.4, 0.5) is 0 Å². The highest BCUT2D eigenvalue weighted by atomic mass is 35.5. The molecule has 6 heteroatoms. The Labute approximate surface area is 137 Å². The smallest absolute Gasteiger partial charge is 0.408 e. The molecule has 0 radical (unpaired) electrons. The molecule has 2 aromatic heterocycles. The van der Waals surface area contributed by atoms with Gasteiger partial charge in [0.05, 0.1) is 23.4 Å². The third-order valence-corrected chi connectivity index (χ3v) is 4.63. The number of hydrogen-bond donors (Lipinski definition) is 0. The Morgan fingerprint density at radius 3 is 2.96 bits per heavy atom. The van der Waals surface area contributed by atoms with Crippen molar-refractivity contribution in [2.75, 3.05) is 0 Å². The number of nitrogens with zero attached hydrogens (tertiary/aromatic N) is 3. The van der Waals surface area contributed by atoms with Gasteiger partial charge >= 0.3 is 5.76 Å². The zero-order valence-corrected chi connectivity index (χ0v) is 13.1. The summed E-state index contributed by atoms with van der Waals surface area (Å²) < 4.78 is 8.36. The molecule has 0 atom stereocenters. The molecular weight excluding hydrogens is 314 g/mol. The maximum absolute atomic E-state index is 11.9. The van der Waals surface area contributed by atoms with Gasteiger partial charge in [-0.15, -0.1) is 6.42 Å². The Hall–Kier alpha value is -2.45. The zero-order valence-electron chi connectivity index (χ0n) is 12.4. The molecule has 0 bridgehead atoms. The van der Waals surface area contributed by atoms with Crippen LogP contribution in [0.2, 0.25) is 5.15 Å². The molecule has 1 aliphatic carbocycles. The Balaban J connectivity index is 1.90. The van der Waals surface area contributed by atoms with Crippen molar-refractivity contribution < 1.29 is 4.42 Å². The summed E-state index contributed by atoms with van der Waals surface area (Å²) in [7, 11) is 0. The number of fused-ring (bicyclic) bond motifs is 2. The molecule has 2 heterocycles. The van der Waals surface area contributed by atoms with Gasteiger partial charge < -0.3 is 4.42 Å². The van der Waals surface area contributed by atoms with E-state index in [2.05, 4.69) is 11.0 Å². The van der Waals surface area contributed by atoms with Crippen LogP contribution in [0.25, 0.3) is 16.8 Å². The normalized spacial score (nSPS) is 13.9. The van der Waals surface area contributed by atoms with Crippen molar-refractivity contribution >= 4 is 22.7 Å². The van der Waals surface area contributed by atoms with Crippen LogP contribution in [0.5, 0.6) is 0 Å². The molecule has 23 heavy (non-hydrogen) atoms. The summed E-state index contributed by atoms with van der Waals surface area (Å²) in [5.41, 5.74) is 4.14. The summed E-state index contributed by atoms with van der Waals surface area (Å²) in [6, 6.07) is 5.42. The van der Waals surface area contributed by atoms with E-state index in [-0.39, 0.29) is 6.54 Å². The molecule has 1 aromatic carbocycles. The van der Waals surface area contributed by atoms with E-state index < -0.39 is 5.76 Å². The number of rotatable bonds is 2. The van der Waals surface area contributed by atoms with Crippen LogP contribution in [-0.2, 0) is 19.4 Å². The highest BCUT2D eigenvalue weighted by molar-refractivity contribution is 6.30. The van der Waals surface area contributed by atoms with Gasteiger partial charge in [0.2, 0.25) is 0 Å². The number of oxazole rings is 1. The molecule has 0 saturated carbocycles. The standard InChI is InChI=1S/C17H14ClN3O2/c1-2-9-20-14-10-11(7-8-15(14)23-17(20)22)21-16(18)12-5-3-4-6-13(12)19-21/h1,7-8,10H,3-6,9H2. The van der Waals surface area contributed by atoms with Gasteiger partial charge in [-0.3, -0.25) is 4.57 Å². The van der Waals surface area contributed by atoms with E-state index in [1.165, 1.54) is 4.57 Å². The minimum absolute atomic E-state index is 0.165. The average molecular weight is 328 g/mol. The fourth-order valence-electron chi connectivity index (χ4n) is 3.11. The van der Waals surface area contributed by atoms with Crippen molar-refractivity contribution in [3.05, 3.63) is 45.2 Å². The molecule has 0 N–H and O–H groups in total. The molecule has 0 amide bonds. The van der Waals surface area contributed by atoms with Crippen LogP contribution in [-0.4, -0.2) is 14.3 Å². The quantitative estimate of drug-likeness (QED) is 0.680. The summed E-state index contributed by atoms with van der Waals surface area (Å²) >= 11 is 6.51. The number of hydrogen-bond acceptors (Lipinski definition) is 3. The number of benzene rings is 1. The predicted molar refractivity (Wildman–Crippen MR) is 88.1 cm³/mol. The summed E-state index contributed by atoms with van der Waals surface area (Å²) in [6.45, 7) is 0.165. The molecule has 4 rings (SSSR count). The van der Waals surface area contributed by atoms with Crippen molar-refractivity contribution in [3.8, 4) is 18.0 Å². The van der Waals surface area contributed by atoms with Gasteiger partial charge in [0, 0.05) is 5.56 Å². The van der Waals surface area contributed by atoms with Crippen LogP contribution in [0.1, 0.15) is 24.1 Å². The lowest BCUT2D eigenvalue weighted by molar-refractivity contribution is 0.521. The van der Waals surface area contributed by atoms with Crippen molar-refractivity contribution in [3.63, 3.8) is 0 Å². The lowest BCUT2D eigenvalue weighted by Crippen LogP contribution is -2.13. The Morgan fingerprint density at radius 1 is 1.35 bits per heavy atom. The maximum atomic E-state index is 11.9. The van der Waals surface area contributed by atoms with E-state index in [4.69, 9.17) is 22.4 Å². The van der Waals surface area contributed by atoms with Crippen molar-refractivity contribution in [2.24, 2.45) is 0 Å². The first-order valence-electron chi connectivity index (χ1n) is 7.52. The fraction of sp³-hybridized carbons (Fsp3) is 0.294. The minimum Gasteiger partial charge on any atom is -0.408 e. The van der Waals surface area contributed by atoms with Gasteiger partial charge in [-0.2, -0.15) is 5.10 Å². The summed E-state index contributed by atoms with van der Waals surface area (Å²) in [6.07, 6.45) is 9.53. The summed E-state index contributed by atoms with van der Waals surface area (Å²) in [4.78, 5) is 11.9. The van der Waals surface area contributed by atoms with E-state index in [0.29, 0.717) is 16.3 Å². The Bertz CT molecular complexity index is 1000. The van der Waals surface area contributed by atoms with E-state index >= 15 is 0 Å². The van der Waals surface area contributed by atoms with Crippen LogP contribution < -0.4 is 5.76 Å². The SMILES string of the molecule is C#CCn1c(=O)oc2ccc(-n3nc4c(c3Cl)CCCC4)cc21. The van der Waals surface area contributed by atoms with Gasteiger partial charge in [0.15, 0.2) is 5.58 Å². The Morgan fingerprint density at radius 2 is 2.17 bits per heavy atom. The number of terminal acetylenes is 1. The average Bonchev–Trinajstić information content (AvgIpc) is 3.06. The maximum Gasteiger partial charge on any atom is 0.420 e. The second kappa shape index (κ2) is 5.32. The predicted octanol–water partition coefficient (Wildman–Crippen LogP) is 2.95. The molecule has 0 aliphatic heterocycles. The van der Waals surface area contributed by atoms with Gasteiger partial charge in [0.25, 0.3) is 0 Å². The van der Waals surface area contributed by atoms with E-state index in [1.54, 1.807) is 10.7 Å². The molecular formula is C17H14ClN3O2. The highest BCUT2D eigenvalue weighted by Gasteiger charge is 2.20. The van der Waals surface area contributed by atoms with Crippen LogP contribution in [0.15, 0.2) is 27.4 Å². The van der Waals surface area contributed by atoms with Gasteiger partial charge in [-0.25, -0.2) is 9.48 Å². The molecule has 116 valence electrons. The second-order valence-corrected chi connectivity index (χ2v) is 6.00. The highest BCUT2D eigenvalue weighted by Crippen LogP contribution is 2.30. The fourth-order valence-corrected chi connectivity index (χ4v) is 3.45. The third kappa shape index (κ3) is 2.18. The first-order valence-corrected chi connectivity index (χ1v) is 7.90. The van der Waals surface area contributed by atoms with E-state index in [9.17, 15) is 4.79 Å². The molecule has 0 unspecified atom stereocenters. The van der Waals surface area contributed by atoms with Crippen molar-refractivity contribution in [1.82, 2.24) is 14.3 Å². The lowest BCUT2D eigenvalue weighted by Gasteiger charge is -2.08. The third-order valence-electron chi connectivity index (χ3n) is 4.24. The molecule has 0 fully saturated rings. The minimum atomic E-state index is -0.457. The van der Waals surface area contributed by atoms with Gasteiger partial charge in [-0.05, 0) is 43.9 Å². The summed E-state index contributed by atoms with van der Waals surface area (Å²) in [5.74, 6) is 2.01. The monoisotopic (exact) mass is 327 g/mol. The topological polar surface area (TPSA) is 53.0 Å². The zero-order chi connectivity index (χ0) is 16.0. The molecule has 0 saturated heterocycles. The lowest BCUT2D eigenvalue weighted by atomic mass is 9.99. The number of halogens is 1. The molecule has 3 aromatic rings. The second-order valence-electron chi connectivity index (χ2n) is 5.65. The van der Waals surface area contributed by atoms with Crippen LogP contribution >= 0.6 is 11.6 Å². The van der Waals surface area contributed by atoms with Crippen LogP contribution in [0, 0.1) is 12.3 Å². The van der Waals surface area contributed by atoms with Crippen molar-refractivity contribution in [1.29, 1.82) is 0 Å². The van der Waals surface area contributed by atoms with Gasteiger partial charge in [0.1, 0.15) is 5.15 Å². The largest absolute Gasteiger partial charge is 0.420 e. The van der Waals surface area contributed by atoms with Crippen molar-refractivity contribution in [2.45, 2.75) is 32.2 Å². The summed E-state index contributed by atoms with van der Waals surface area (Å²) in [5, 5.41) is 5.28. The number of aromatic nitrogens is 3. The molecule has 5 nitrogen and oxygen atoms in total. The first-order chi connectivity index (χ1) is 11.2. The van der Waals surface area contributed by atoms with Crippen LogP contribution in [0.3, 0.4) is 0 Å². The molecule has 0 spiro atoms. The first kappa shape index (κ1) is 14.2.